The fourth-order valence-electron chi connectivity index (χ4n) is 1.51. The van der Waals surface area contributed by atoms with E-state index in [0.717, 1.165) is 4.47 Å². The maximum Gasteiger partial charge on any atom is 0.244 e. The van der Waals surface area contributed by atoms with E-state index in [2.05, 4.69) is 21.9 Å². The molecule has 0 saturated carbocycles. The van der Waals surface area contributed by atoms with Crippen molar-refractivity contribution in [2.45, 2.75) is 11.0 Å². The lowest BCUT2D eigenvalue weighted by molar-refractivity contribution is 0.350. The van der Waals surface area contributed by atoms with Gasteiger partial charge in [-0.15, -0.1) is 6.42 Å². The topological polar surface area (TPSA) is 49.9 Å². The highest BCUT2D eigenvalue weighted by atomic mass is 79.9. The smallest absolute Gasteiger partial charge is 0.244 e. The second kappa shape index (κ2) is 5.41. The zero-order valence-corrected chi connectivity index (χ0v) is 11.9. The Hall–Kier alpha value is -0.870. The Morgan fingerprint density at radius 2 is 2.06 bits per heavy atom. The summed E-state index contributed by atoms with van der Waals surface area (Å²) in [4.78, 5) is 0.238. The minimum atomic E-state index is -3.55. The van der Waals surface area contributed by atoms with Crippen LogP contribution in [0.4, 0.5) is 0 Å². The van der Waals surface area contributed by atoms with E-state index < -0.39 is 10.0 Å². The molecule has 1 aromatic carbocycles. The standard InChI is InChI=1S/C12H12BrNO3S/c1-2-7-14(8-11-9-17-11)18(15,16)12-5-3-10(13)4-6-12/h1,3-6,11H,7-9H2. The Labute approximate surface area is 115 Å². The zero-order valence-electron chi connectivity index (χ0n) is 9.54. The quantitative estimate of drug-likeness (QED) is 0.607. The van der Waals surface area contributed by atoms with Gasteiger partial charge >= 0.3 is 0 Å². The van der Waals surface area contributed by atoms with Crippen LogP contribution in [0.2, 0.25) is 0 Å². The van der Waals surface area contributed by atoms with E-state index in [1.54, 1.807) is 24.3 Å². The number of sulfonamides is 1. The van der Waals surface area contributed by atoms with Gasteiger partial charge in [0, 0.05) is 11.0 Å². The van der Waals surface area contributed by atoms with Crippen LogP contribution in [-0.4, -0.2) is 38.5 Å². The average molecular weight is 330 g/mol. The van der Waals surface area contributed by atoms with E-state index in [4.69, 9.17) is 11.2 Å². The van der Waals surface area contributed by atoms with Gasteiger partial charge in [-0.05, 0) is 24.3 Å². The maximum absolute atomic E-state index is 12.4. The van der Waals surface area contributed by atoms with Crippen LogP contribution in [-0.2, 0) is 14.8 Å². The summed E-state index contributed by atoms with van der Waals surface area (Å²) >= 11 is 3.27. The number of hydrogen-bond donors (Lipinski definition) is 0. The highest BCUT2D eigenvalue weighted by Crippen LogP contribution is 2.21. The average Bonchev–Trinajstić information content (AvgIpc) is 3.13. The number of nitrogens with zero attached hydrogens (tertiary/aromatic N) is 1. The van der Waals surface area contributed by atoms with Gasteiger partial charge in [0.1, 0.15) is 0 Å². The van der Waals surface area contributed by atoms with Gasteiger partial charge in [0.2, 0.25) is 10.0 Å². The molecular formula is C12H12BrNO3S. The second-order valence-corrected chi connectivity index (χ2v) is 6.76. The molecule has 4 nitrogen and oxygen atoms in total. The first-order valence-corrected chi connectivity index (χ1v) is 7.58. The second-order valence-electron chi connectivity index (χ2n) is 3.91. The van der Waals surface area contributed by atoms with Crippen molar-refractivity contribution in [1.82, 2.24) is 4.31 Å². The Morgan fingerprint density at radius 1 is 1.44 bits per heavy atom. The summed E-state index contributed by atoms with van der Waals surface area (Å²) in [5.41, 5.74) is 0. The molecule has 1 atom stereocenters. The molecule has 0 spiro atoms. The molecule has 0 aliphatic carbocycles. The van der Waals surface area contributed by atoms with Crippen molar-refractivity contribution in [2.75, 3.05) is 19.7 Å². The summed E-state index contributed by atoms with van der Waals surface area (Å²) in [6, 6.07) is 6.48. The first kappa shape index (κ1) is 13.6. The fourth-order valence-corrected chi connectivity index (χ4v) is 3.16. The zero-order chi connectivity index (χ0) is 13.2. The van der Waals surface area contributed by atoms with Gasteiger partial charge in [-0.25, -0.2) is 8.42 Å². The first-order chi connectivity index (χ1) is 8.54. The molecule has 1 fully saturated rings. The molecule has 6 heteroatoms. The molecule has 1 heterocycles. The number of epoxide rings is 1. The number of rotatable bonds is 5. The van der Waals surface area contributed by atoms with E-state index in [1.807, 2.05) is 0 Å². The Morgan fingerprint density at radius 3 is 2.56 bits per heavy atom. The third kappa shape index (κ3) is 3.12. The molecule has 0 amide bonds. The van der Waals surface area contributed by atoms with Crippen molar-refractivity contribution >= 4 is 26.0 Å². The Balaban J connectivity index is 2.26. The van der Waals surface area contributed by atoms with Crippen LogP contribution in [0.15, 0.2) is 33.6 Å². The lowest BCUT2D eigenvalue weighted by atomic mass is 10.4. The van der Waals surface area contributed by atoms with Crippen molar-refractivity contribution in [3.63, 3.8) is 0 Å². The van der Waals surface area contributed by atoms with E-state index >= 15 is 0 Å². The predicted molar refractivity (Wildman–Crippen MR) is 71.5 cm³/mol. The molecule has 96 valence electrons. The molecule has 1 aliphatic heterocycles. The van der Waals surface area contributed by atoms with Crippen LogP contribution in [0.5, 0.6) is 0 Å². The van der Waals surface area contributed by atoms with Crippen molar-refractivity contribution < 1.29 is 13.2 Å². The maximum atomic E-state index is 12.4. The number of hydrogen-bond acceptors (Lipinski definition) is 3. The van der Waals surface area contributed by atoms with Gasteiger partial charge in [0.25, 0.3) is 0 Å². The number of halogens is 1. The van der Waals surface area contributed by atoms with Gasteiger partial charge in [-0.1, -0.05) is 21.9 Å². The molecular weight excluding hydrogens is 318 g/mol. The molecule has 2 rings (SSSR count). The molecule has 0 radical (unpaired) electrons. The van der Waals surface area contributed by atoms with Gasteiger partial charge in [-0.3, -0.25) is 0 Å². The van der Waals surface area contributed by atoms with Crippen molar-refractivity contribution in [3.8, 4) is 12.3 Å². The van der Waals surface area contributed by atoms with Gasteiger partial charge in [0.05, 0.1) is 24.2 Å². The van der Waals surface area contributed by atoms with Crippen molar-refractivity contribution in [3.05, 3.63) is 28.7 Å². The SMILES string of the molecule is C#CCN(CC1CO1)S(=O)(=O)c1ccc(Br)cc1. The van der Waals surface area contributed by atoms with Crippen LogP contribution in [0.1, 0.15) is 0 Å². The van der Waals surface area contributed by atoms with Gasteiger partial charge < -0.3 is 4.74 Å². The molecule has 18 heavy (non-hydrogen) atoms. The fraction of sp³-hybridized carbons (Fsp3) is 0.333. The first-order valence-electron chi connectivity index (χ1n) is 5.35. The monoisotopic (exact) mass is 329 g/mol. The van der Waals surface area contributed by atoms with E-state index in [1.165, 1.54) is 4.31 Å². The molecule has 0 aromatic heterocycles. The van der Waals surface area contributed by atoms with E-state index in [9.17, 15) is 8.42 Å². The molecule has 1 aliphatic rings. The highest BCUT2D eigenvalue weighted by Gasteiger charge is 2.32. The van der Waals surface area contributed by atoms with Crippen LogP contribution in [0, 0.1) is 12.3 Å². The molecule has 1 saturated heterocycles. The predicted octanol–water partition coefficient (Wildman–Crippen LogP) is 1.47. The number of ether oxygens (including phenoxy) is 1. The Kier molecular flexibility index (Phi) is 4.07. The minimum Gasteiger partial charge on any atom is -0.372 e. The lowest BCUT2D eigenvalue weighted by Gasteiger charge is -2.18. The molecule has 0 N–H and O–H groups in total. The van der Waals surface area contributed by atoms with E-state index in [-0.39, 0.29) is 17.5 Å². The van der Waals surface area contributed by atoms with Crippen LogP contribution >= 0.6 is 15.9 Å². The van der Waals surface area contributed by atoms with Crippen LogP contribution in [0.25, 0.3) is 0 Å². The molecule has 1 aromatic rings. The highest BCUT2D eigenvalue weighted by molar-refractivity contribution is 9.10. The van der Waals surface area contributed by atoms with E-state index in [0.29, 0.717) is 13.2 Å². The van der Waals surface area contributed by atoms with Gasteiger partial charge in [-0.2, -0.15) is 4.31 Å². The Bertz CT molecular complexity index is 558. The summed E-state index contributed by atoms with van der Waals surface area (Å²) in [6.07, 6.45) is 5.20. The number of terminal acetylenes is 1. The summed E-state index contributed by atoms with van der Waals surface area (Å²) in [5.74, 6) is 2.37. The summed E-state index contributed by atoms with van der Waals surface area (Å²) in [6.45, 7) is 0.956. The summed E-state index contributed by atoms with van der Waals surface area (Å²) < 4.78 is 31.9. The van der Waals surface area contributed by atoms with Crippen LogP contribution in [0.3, 0.4) is 0 Å². The van der Waals surface area contributed by atoms with Crippen LogP contribution < -0.4 is 0 Å². The van der Waals surface area contributed by atoms with Crippen molar-refractivity contribution in [2.24, 2.45) is 0 Å². The molecule has 1 unspecified atom stereocenters. The summed E-state index contributed by atoms with van der Waals surface area (Å²) in [5, 5.41) is 0. The largest absolute Gasteiger partial charge is 0.372 e. The molecule has 0 bridgehead atoms. The van der Waals surface area contributed by atoms with Gasteiger partial charge in [0.15, 0.2) is 0 Å². The summed E-state index contributed by atoms with van der Waals surface area (Å²) in [7, 11) is -3.55. The third-order valence-corrected chi connectivity index (χ3v) is 4.88. The lowest BCUT2D eigenvalue weighted by Crippen LogP contribution is -2.34. The normalized spacial score (nSPS) is 18.6. The van der Waals surface area contributed by atoms with Crippen molar-refractivity contribution in [1.29, 1.82) is 0 Å². The third-order valence-electron chi connectivity index (χ3n) is 2.53. The number of benzene rings is 1. The minimum absolute atomic E-state index is 0.0245.